The Balaban J connectivity index is 1.11. The number of fused-ring (bicyclic) bond motifs is 8. The van der Waals surface area contributed by atoms with Gasteiger partial charge in [0.15, 0.2) is 0 Å². The Hall–Kier alpha value is -8.86. The van der Waals surface area contributed by atoms with Crippen LogP contribution in [0.1, 0.15) is 0 Å². The molecule has 310 valence electrons. The Morgan fingerprint density at radius 1 is 0.242 bits per heavy atom. The van der Waals surface area contributed by atoms with Crippen LogP contribution in [0.5, 0.6) is 0 Å². The predicted molar refractivity (Wildman–Crippen MR) is 276 cm³/mol. The lowest BCUT2D eigenvalue weighted by Crippen LogP contribution is -2.11. The van der Waals surface area contributed by atoms with Gasteiger partial charge in [-0.2, -0.15) is 0 Å². The zero-order chi connectivity index (χ0) is 43.6. The lowest BCUT2D eigenvalue weighted by molar-refractivity contribution is 0.668. The summed E-state index contributed by atoms with van der Waals surface area (Å²) in [5.74, 6) is 0. The Bertz CT molecular complexity index is 3670. The van der Waals surface area contributed by atoms with E-state index in [-0.39, 0.29) is 0 Å². The van der Waals surface area contributed by atoms with Crippen molar-refractivity contribution in [1.29, 1.82) is 0 Å². The van der Waals surface area contributed by atoms with Crippen LogP contribution in [0.2, 0.25) is 0 Å². The molecule has 2 aromatic heterocycles. The first-order valence-corrected chi connectivity index (χ1v) is 22.4. The highest BCUT2D eigenvalue weighted by Gasteiger charge is 2.25. The van der Waals surface area contributed by atoms with Crippen molar-refractivity contribution in [3.63, 3.8) is 0 Å². The highest BCUT2D eigenvalue weighted by Crippen LogP contribution is 2.50. The quantitative estimate of drug-likeness (QED) is 0.143. The fourth-order valence-corrected chi connectivity index (χ4v) is 10.2. The van der Waals surface area contributed by atoms with Crippen LogP contribution >= 0.6 is 0 Å². The number of benzene rings is 11. The molecule has 0 aliphatic carbocycles. The van der Waals surface area contributed by atoms with Gasteiger partial charge in [0.25, 0.3) is 0 Å². The van der Waals surface area contributed by atoms with Crippen molar-refractivity contribution in [2.75, 3.05) is 9.80 Å². The summed E-state index contributed by atoms with van der Waals surface area (Å²) in [6.07, 6.45) is 0. The molecule has 0 saturated carbocycles. The van der Waals surface area contributed by atoms with Gasteiger partial charge < -0.3 is 18.6 Å². The fraction of sp³-hybridized carbons (Fsp3) is 0. The van der Waals surface area contributed by atoms with Crippen LogP contribution in [0.25, 0.3) is 87.7 Å². The molecule has 11 aromatic carbocycles. The molecule has 13 aromatic rings. The molecule has 0 unspecified atom stereocenters. The highest BCUT2D eigenvalue weighted by molar-refractivity contribution is 6.23. The Labute approximate surface area is 381 Å². The van der Waals surface area contributed by atoms with Gasteiger partial charge in [0.05, 0.1) is 22.1 Å². The highest BCUT2D eigenvalue weighted by atomic mass is 16.3. The van der Waals surface area contributed by atoms with Gasteiger partial charge in [0.2, 0.25) is 0 Å². The summed E-state index contributed by atoms with van der Waals surface area (Å²) in [4.78, 5) is 4.76. The first-order valence-electron chi connectivity index (χ1n) is 22.4. The number of furan rings is 2. The van der Waals surface area contributed by atoms with E-state index < -0.39 is 0 Å². The molecule has 0 N–H and O–H groups in total. The van der Waals surface area contributed by atoms with Crippen molar-refractivity contribution < 1.29 is 8.83 Å². The van der Waals surface area contributed by atoms with E-state index in [2.05, 4.69) is 240 Å². The first kappa shape index (κ1) is 37.7. The third-order valence-electron chi connectivity index (χ3n) is 13.0. The van der Waals surface area contributed by atoms with Crippen LogP contribution < -0.4 is 9.80 Å². The number of nitrogens with zero attached hydrogens (tertiary/aromatic N) is 2. The summed E-state index contributed by atoms with van der Waals surface area (Å²) in [6, 6.07) is 86.5. The van der Waals surface area contributed by atoms with Gasteiger partial charge in [0, 0.05) is 33.5 Å². The molecular formula is C62H40N2O2. The van der Waals surface area contributed by atoms with Crippen LogP contribution in [0.4, 0.5) is 34.1 Å². The fourth-order valence-electron chi connectivity index (χ4n) is 10.2. The van der Waals surface area contributed by atoms with Gasteiger partial charge >= 0.3 is 0 Å². The van der Waals surface area contributed by atoms with E-state index in [0.717, 1.165) is 99.9 Å². The zero-order valence-electron chi connectivity index (χ0n) is 35.8. The second kappa shape index (κ2) is 15.4. The second-order valence-electron chi connectivity index (χ2n) is 16.8. The van der Waals surface area contributed by atoms with Crippen molar-refractivity contribution in [3.8, 4) is 22.3 Å². The topological polar surface area (TPSA) is 32.8 Å². The molecule has 66 heavy (non-hydrogen) atoms. The largest absolute Gasteiger partial charge is 0.456 e. The van der Waals surface area contributed by atoms with Crippen LogP contribution in [0.3, 0.4) is 0 Å². The number of hydrogen-bond donors (Lipinski definition) is 0. The van der Waals surface area contributed by atoms with E-state index >= 15 is 0 Å². The number of para-hydroxylation sites is 4. The summed E-state index contributed by atoms with van der Waals surface area (Å²) in [7, 11) is 0. The summed E-state index contributed by atoms with van der Waals surface area (Å²) in [5, 5.41) is 9.01. The van der Waals surface area contributed by atoms with Crippen LogP contribution in [0, 0.1) is 0 Å². The van der Waals surface area contributed by atoms with E-state index in [1.807, 2.05) is 12.1 Å². The first-order chi connectivity index (χ1) is 32.8. The number of rotatable bonds is 8. The normalized spacial score (nSPS) is 11.6. The van der Waals surface area contributed by atoms with Crippen LogP contribution in [-0.2, 0) is 0 Å². The van der Waals surface area contributed by atoms with Crippen molar-refractivity contribution in [2.24, 2.45) is 0 Å². The minimum Gasteiger partial charge on any atom is -0.456 e. The van der Waals surface area contributed by atoms with Gasteiger partial charge in [-0.15, -0.1) is 0 Å². The van der Waals surface area contributed by atoms with E-state index in [1.54, 1.807) is 0 Å². The van der Waals surface area contributed by atoms with E-state index in [4.69, 9.17) is 8.83 Å². The second-order valence-corrected chi connectivity index (χ2v) is 16.8. The molecule has 0 spiro atoms. The molecule has 0 radical (unpaired) electrons. The van der Waals surface area contributed by atoms with Crippen molar-refractivity contribution in [1.82, 2.24) is 0 Å². The minimum absolute atomic E-state index is 0.857. The molecule has 4 nitrogen and oxygen atoms in total. The SMILES string of the molecule is c1ccc(-c2c3ccc(N(c4ccccc4)c4cccc5oc6ccccc6c45)cc3c(-c3ccccc3)c3ccc(N(c4ccccc4)c4cccc5oc6ccccc6c45)cc23)cc1. The maximum atomic E-state index is 6.46. The molecule has 4 heteroatoms. The molecular weight excluding hydrogens is 805 g/mol. The predicted octanol–water partition coefficient (Wildman–Crippen LogP) is 18.1. The maximum absolute atomic E-state index is 6.46. The van der Waals surface area contributed by atoms with E-state index in [9.17, 15) is 0 Å². The summed E-state index contributed by atoms with van der Waals surface area (Å²) < 4.78 is 12.9. The van der Waals surface area contributed by atoms with Crippen molar-refractivity contribution in [3.05, 3.63) is 243 Å². The number of anilines is 6. The minimum atomic E-state index is 0.857. The van der Waals surface area contributed by atoms with Crippen molar-refractivity contribution >= 4 is 99.5 Å². The smallest absolute Gasteiger partial charge is 0.137 e. The van der Waals surface area contributed by atoms with Gasteiger partial charge in [-0.05, 0) is 129 Å². The van der Waals surface area contributed by atoms with Crippen molar-refractivity contribution in [2.45, 2.75) is 0 Å². The van der Waals surface area contributed by atoms with Crippen LogP contribution in [-0.4, -0.2) is 0 Å². The third kappa shape index (κ3) is 6.07. The summed E-state index contributed by atoms with van der Waals surface area (Å²) >= 11 is 0. The molecule has 0 atom stereocenters. The molecule has 0 saturated heterocycles. The number of hydrogen-bond acceptors (Lipinski definition) is 4. The standard InChI is InChI=1S/C62H40N2O2/c1-5-19-41(20-6-1)59-47-37-35-46(64(44-25-11-4-12-26-44)54-30-18-34-58-62(54)50-28-14-16-32-56(50)66-58)40-52(47)60(42-21-7-2-8-22-42)48-38-36-45(39-51(48)59)63(43-23-9-3-10-24-43)53-29-17-33-57-61(53)49-27-13-15-31-55(49)65-57/h1-40H. The lowest BCUT2D eigenvalue weighted by Gasteiger charge is -2.28. The average Bonchev–Trinajstić information content (AvgIpc) is 3.97. The summed E-state index contributed by atoms with van der Waals surface area (Å²) in [5.41, 5.74) is 14.5. The molecule has 13 rings (SSSR count). The average molecular weight is 845 g/mol. The molecule has 0 aliphatic heterocycles. The Kier molecular flexibility index (Phi) is 8.81. The third-order valence-corrected chi connectivity index (χ3v) is 13.0. The van der Waals surface area contributed by atoms with Crippen LogP contribution in [0.15, 0.2) is 251 Å². The molecule has 0 fully saturated rings. The van der Waals surface area contributed by atoms with Gasteiger partial charge in [-0.3, -0.25) is 0 Å². The van der Waals surface area contributed by atoms with E-state index in [0.29, 0.717) is 0 Å². The lowest BCUT2D eigenvalue weighted by atomic mass is 9.85. The Morgan fingerprint density at radius 2 is 0.606 bits per heavy atom. The molecule has 2 heterocycles. The Morgan fingerprint density at radius 3 is 1.03 bits per heavy atom. The zero-order valence-corrected chi connectivity index (χ0v) is 35.8. The summed E-state index contributed by atoms with van der Waals surface area (Å²) in [6.45, 7) is 0. The van der Waals surface area contributed by atoms with Gasteiger partial charge in [-0.1, -0.05) is 158 Å². The molecule has 0 bridgehead atoms. The maximum Gasteiger partial charge on any atom is 0.137 e. The molecule has 0 aliphatic rings. The molecule has 0 amide bonds. The van der Waals surface area contributed by atoms with Gasteiger partial charge in [0.1, 0.15) is 22.3 Å². The van der Waals surface area contributed by atoms with Gasteiger partial charge in [-0.25, -0.2) is 0 Å². The van der Waals surface area contributed by atoms with E-state index in [1.165, 1.54) is 21.9 Å². The monoisotopic (exact) mass is 844 g/mol.